The van der Waals surface area contributed by atoms with E-state index >= 15 is 0 Å². The Morgan fingerprint density at radius 3 is 2.35 bits per heavy atom. The first-order chi connectivity index (χ1) is 9.68. The van der Waals surface area contributed by atoms with Crippen LogP contribution in [0, 0.1) is 0 Å². The lowest BCUT2D eigenvalue weighted by molar-refractivity contribution is -0.255. The molecule has 0 saturated carbocycles. The Hall–Kier alpha value is -2.76. The molecule has 0 atom stereocenters. The second kappa shape index (κ2) is 6.42. The summed E-state index contributed by atoms with van der Waals surface area (Å²) in [4.78, 5) is 30.0. The molecule has 0 aliphatic heterocycles. The van der Waals surface area contributed by atoms with E-state index in [0.29, 0.717) is 13.0 Å². The van der Waals surface area contributed by atoms with Crippen LogP contribution < -0.4 is 10.4 Å². The molecule has 20 heavy (non-hydrogen) atoms. The molecule has 2 rings (SSSR count). The van der Waals surface area contributed by atoms with E-state index in [1.165, 1.54) is 12.4 Å². The summed E-state index contributed by atoms with van der Waals surface area (Å²) in [6.07, 6.45) is 3.11. The van der Waals surface area contributed by atoms with Crippen molar-refractivity contribution in [2.24, 2.45) is 0 Å². The summed E-state index contributed by atoms with van der Waals surface area (Å²) in [5, 5.41) is 13.4. The number of rotatable bonds is 5. The first kappa shape index (κ1) is 13.7. The van der Waals surface area contributed by atoms with Crippen LogP contribution in [-0.2, 0) is 6.42 Å². The van der Waals surface area contributed by atoms with Crippen LogP contribution in [0.15, 0.2) is 42.7 Å². The van der Waals surface area contributed by atoms with Gasteiger partial charge in [-0.15, -0.1) is 0 Å². The highest BCUT2D eigenvalue weighted by Gasteiger charge is 2.14. The molecule has 0 aliphatic rings. The summed E-state index contributed by atoms with van der Waals surface area (Å²) < 4.78 is 0. The first-order valence-corrected chi connectivity index (χ1v) is 6.03. The zero-order valence-electron chi connectivity index (χ0n) is 10.6. The molecule has 1 aromatic heterocycles. The Balaban J connectivity index is 1.97. The van der Waals surface area contributed by atoms with Crippen molar-refractivity contribution in [2.75, 3.05) is 6.54 Å². The number of nitrogens with zero attached hydrogens (tertiary/aromatic N) is 2. The number of carboxylic acid groups (broad SMARTS) is 1. The Labute approximate surface area is 115 Å². The SMILES string of the molecule is O=C([O-])c1nccnc1C(=O)NCCc1ccccc1. The molecule has 1 heterocycles. The summed E-state index contributed by atoms with van der Waals surface area (Å²) in [6.45, 7) is 0.381. The lowest BCUT2D eigenvalue weighted by atomic mass is 10.1. The number of carboxylic acids is 1. The number of nitrogens with one attached hydrogen (secondary N) is 1. The number of aromatic nitrogens is 2. The van der Waals surface area contributed by atoms with Gasteiger partial charge in [-0.1, -0.05) is 30.3 Å². The molecule has 1 N–H and O–H groups in total. The summed E-state index contributed by atoms with van der Waals surface area (Å²) >= 11 is 0. The van der Waals surface area contributed by atoms with Crippen LogP contribution in [0.5, 0.6) is 0 Å². The van der Waals surface area contributed by atoms with Gasteiger partial charge >= 0.3 is 0 Å². The number of amides is 1. The maximum Gasteiger partial charge on any atom is 0.272 e. The third kappa shape index (κ3) is 3.38. The van der Waals surface area contributed by atoms with Crippen LogP contribution >= 0.6 is 0 Å². The van der Waals surface area contributed by atoms with E-state index in [4.69, 9.17) is 0 Å². The fourth-order valence-corrected chi connectivity index (χ4v) is 1.70. The lowest BCUT2D eigenvalue weighted by Crippen LogP contribution is -2.32. The monoisotopic (exact) mass is 270 g/mol. The van der Waals surface area contributed by atoms with Crippen molar-refractivity contribution in [1.29, 1.82) is 0 Å². The van der Waals surface area contributed by atoms with Crippen molar-refractivity contribution in [1.82, 2.24) is 15.3 Å². The standard InChI is InChI=1S/C14H13N3O3/c18-13(11-12(14(19)20)16-9-8-15-11)17-7-6-10-4-2-1-3-5-10/h1-5,8-9H,6-7H2,(H,17,18)(H,19,20)/p-1. The molecule has 0 radical (unpaired) electrons. The van der Waals surface area contributed by atoms with Crippen molar-refractivity contribution >= 4 is 11.9 Å². The quantitative estimate of drug-likeness (QED) is 0.812. The highest BCUT2D eigenvalue weighted by molar-refractivity contribution is 6.01. The molecular weight excluding hydrogens is 258 g/mol. The van der Waals surface area contributed by atoms with E-state index in [2.05, 4.69) is 15.3 Å². The van der Waals surface area contributed by atoms with E-state index in [-0.39, 0.29) is 5.69 Å². The van der Waals surface area contributed by atoms with Crippen molar-refractivity contribution in [2.45, 2.75) is 6.42 Å². The van der Waals surface area contributed by atoms with Crippen LogP contribution in [-0.4, -0.2) is 28.4 Å². The summed E-state index contributed by atoms with van der Waals surface area (Å²) in [5.74, 6) is -2.10. The molecule has 0 fully saturated rings. The average Bonchev–Trinajstić information content (AvgIpc) is 2.48. The summed E-state index contributed by atoms with van der Waals surface area (Å²) in [7, 11) is 0. The highest BCUT2D eigenvalue weighted by atomic mass is 16.4. The largest absolute Gasteiger partial charge is 0.543 e. The van der Waals surface area contributed by atoms with Gasteiger partial charge in [-0.3, -0.25) is 9.78 Å². The number of carbonyl (C=O) groups is 2. The number of hydrogen-bond donors (Lipinski definition) is 1. The smallest absolute Gasteiger partial charge is 0.272 e. The van der Waals surface area contributed by atoms with Gasteiger partial charge in [0.2, 0.25) is 0 Å². The van der Waals surface area contributed by atoms with Gasteiger partial charge in [0.15, 0.2) is 5.69 Å². The van der Waals surface area contributed by atoms with Gasteiger partial charge in [0.25, 0.3) is 5.91 Å². The highest BCUT2D eigenvalue weighted by Crippen LogP contribution is 2.01. The van der Waals surface area contributed by atoms with Crippen LogP contribution in [0.25, 0.3) is 0 Å². The lowest BCUT2D eigenvalue weighted by Gasteiger charge is -2.08. The fourth-order valence-electron chi connectivity index (χ4n) is 1.70. The molecule has 0 spiro atoms. The maximum atomic E-state index is 11.9. The van der Waals surface area contributed by atoms with Gasteiger partial charge in [0.05, 0.1) is 5.97 Å². The third-order valence-electron chi connectivity index (χ3n) is 2.65. The molecule has 2 aromatic rings. The third-order valence-corrected chi connectivity index (χ3v) is 2.65. The summed E-state index contributed by atoms with van der Waals surface area (Å²) in [6, 6.07) is 9.62. The second-order valence-corrected chi connectivity index (χ2v) is 4.03. The number of benzene rings is 1. The molecule has 102 valence electrons. The first-order valence-electron chi connectivity index (χ1n) is 6.03. The topological polar surface area (TPSA) is 95.0 Å². The molecule has 6 heteroatoms. The minimum Gasteiger partial charge on any atom is -0.543 e. The predicted octanol–water partition coefficient (Wildman–Crippen LogP) is -0.187. The second-order valence-electron chi connectivity index (χ2n) is 4.03. The van der Waals surface area contributed by atoms with Crippen molar-refractivity contribution in [3.8, 4) is 0 Å². The predicted molar refractivity (Wildman–Crippen MR) is 68.8 cm³/mol. The Bertz CT molecular complexity index is 614. The van der Waals surface area contributed by atoms with Gasteiger partial charge in [0.1, 0.15) is 5.69 Å². The average molecular weight is 270 g/mol. The van der Waals surface area contributed by atoms with E-state index < -0.39 is 17.6 Å². The summed E-state index contributed by atoms with van der Waals surface area (Å²) in [5.41, 5.74) is 0.386. The molecule has 1 aromatic carbocycles. The number of hydrogen-bond acceptors (Lipinski definition) is 5. The van der Waals surface area contributed by atoms with Crippen LogP contribution in [0.3, 0.4) is 0 Å². The Kier molecular flexibility index (Phi) is 4.39. The van der Waals surface area contributed by atoms with Crippen LogP contribution in [0.1, 0.15) is 26.5 Å². The van der Waals surface area contributed by atoms with Gasteiger partial charge in [-0.25, -0.2) is 4.98 Å². The van der Waals surface area contributed by atoms with E-state index in [1.54, 1.807) is 0 Å². The van der Waals surface area contributed by atoms with E-state index in [9.17, 15) is 14.7 Å². The van der Waals surface area contributed by atoms with Crippen molar-refractivity contribution in [3.63, 3.8) is 0 Å². The molecular formula is C14H12N3O3-. The molecule has 0 saturated heterocycles. The number of carbonyl (C=O) groups excluding carboxylic acids is 2. The zero-order valence-corrected chi connectivity index (χ0v) is 10.6. The Morgan fingerprint density at radius 2 is 1.70 bits per heavy atom. The van der Waals surface area contributed by atoms with Gasteiger partial charge in [-0.05, 0) is 12.0 Å². The minimum atomic E-state index is -1.52. The van der Waals surface area contributed by atoms with E-state index in [1.807, 2.05) is 30.3 Å². The van der Waals surface area contributed by atoms with Crippen LogP contribution in [0.4, 0.5) is 0 Å². The van der Waals surface area contributed by atoms with Crippen molar-refractivity contribution in [3.05, 3.63) is 59.7 Å². The molecule has 0 unspecified atom stereocenters. The van der Waals surface area contributed by atoms with Crippen LogP contribution in [0.2, 0.25) is 0 Å². The maximum absolute atomic E-state index is 11.9. The number of aromatic carboxylic acids is 1. The minimum absolute atomic E-state index is 0.236. The molecule has 6 nitrogen and oxygen atoms in total. The Morgan fingerprint density at radius 1 is 1.05 bits per heavy atom. The normalized spacial score (nSPS) is 10.0. The van der Waals surface area contributed by atoms with Crippen molar-refractivity contribution < 1.29 is 14.7 Å². The fraction of sp³-hybridized carbons (Fsp3) is 0.143. The van der Waals surface area contributed by atoms with Gasteiger partial charge in [-0.2, -0.15) is 0 Å². The molecule has 0 aliphatic carbocycles. The van der Waals surface area contributed by atoms with Gasteiger partial charge in [0, 0.05) is 18.9 Å². The zero-order chi connectivity index (χ0) is 14.4. The van der Waals surface area contributed by atoms with Gasteiger partial charge < -0.3 is 15.2 Å². The van der Waals surface area contributed by atoms with E-state index in [0.717, 1.165) is 5.56 Å². The molecule has 1 amide bonds. The molecule has 0 bridgehead atoms.